The summed E-state index contributed by atoms with van der Waals surface area (Å²) in [5.41, 5.74) is 8.41. The summed E-state index contributed by atoms with van der Waals surface area (Å²) in [5, 5.41) is 2.88. The number of hydrogen-bond donors (Lipinski definition) is 2. The van der Waals surface area contributed by atoms with Crippen LogP contribution in [-0.2, 0) is 17.8 Å². The van der Waals surface area contributed by atoms with Crippen LogP contribution in [0.4, 0.5) is 5.69 Å². The van der Waals surface area contributed by atoms with Gasteiger partial charge < -0.3 is 11.1 Å². The SMILES string of the molecule is NCc1ccccc1CC(=O)Nc1ccccc1Br. The Morgan fingerprint density at radius 3 is 2.37 bits per heavy atom. The molecule has 2 aromatic carbocycles. The number of amides is 1. The van der Waals surface area contributed by atoms with E-state index in [1.54, 1.807) is 0 Å². The number of nitrogens with one attached hydrogen (secondary N) is 1. The Bertz CT molecular complexity index is 584. The number of nitrogens with two attached hydrogens (primary N) is 1. The Hall–Kier alpha value is -1.65. The van der Waals surface area contributed by atoms with Gasteiger partial charge in [-0.05, 0) is 39.2 Å². The van der Waals surface area contributed by atoms with Crippen LogP contribution in [0.15, 0.2) is 53.0 Å². The number of anilines is 1. The van der Waals surface area contributed by atoms with Crippen LogP contribution in [0.2, 0.25) is 0 Å². The van der Waals surface area contributed by atoms with Crippen LogP contribution in [0.1, 0.15) is 11.1 Å². The highest BCUT2D eigenvalue weighted by atomic mass is 79.9. The zero-order valence-corrected chi connectivity index (χ0v) is 12.0. The molecule has 3 nitrogen and oxygen atoms in total. The molecule has 98 valence electrons. The second kappa shape index (κ2) is 6.50. The normalized spacial score (nSPS) is 10.2. The van der Waals surface area contributed by atoms with Gasteiger partial charge in [0, 0.05) is 11.0 Å². The lowest BCUT2D eigenvalue weighted by molar-refractivity contribution is -0.115. The lowest BCUT2D eigenvalue weighted by Crippen LogP contribution is -2.16. The van der Waals surface area contributed by atoms with E-state index in [2.05, 4.69) is 21.2 Å². The van der Waals surface area contributed by atoms with Crippen LogP contribution in [0.3, 0.4) is 0 Å². The molecule has 4 heteroatoms. The Morgan fingerprint density at radius 2 is 1.68 bits per heavy atom. The van der Waals surface area contributed by atoms with Crippen molar-refractivity contribution in [2.24, 2.45) is 5.73 Å². The van der Waals surface area contributed by atoms with Crippen molar-refractivity contribution in [1.82, 2.24) is 0 Å². The predicted octanol–water partition coefficient (Wildman–Crippen LogP) is 3.09. The van der Waals surface area contributed by atoms with E-state index in [-0.39, 0.29) is 5.91 Å². The fraction of sp³-hybridized carbons (Fsp3) is 0.133. The minimum atomic E-state index is -0.0483. The fourth-order valence-corrected chi connectivity index (χ4v) is 2.24. The molecule has 2 rings (SSSR count). The molecule has 0 radical (unpaired) electrons. The monoisotopic (exact) mass is 318 g/mol. The van der Waals surface area contributed by atoms with Crippen molar-refractivity contribution >= 4 is 27.5 Å². The Morgan fingerprint density at radius 1 is 1.05 bits per heavy atom. The van der Waals surface area contributed by atoms with Gasteiger partial charge in [-0.1, -0.05) is 36.4 Å². The van der Waals surface area contributed by atoms with Crippen molar-refractivity contribution in [3.05, 3.63) is 64.1 Å². The van der Waals surface area contributed by atoms with Gasteiger partial charge >= 0.3 is 0 Å². The third-order valence-corrected chi connectivity index (χ3v) is 3.53. The highest BCUT2D eigenvalue weighted by Crippen LogP contribution is 2.21. The molecule has 2 aromatic rings. The second-order valence-electron chi connectivity index (χ2n) is 4.18. The number of carbonyl (C=O) groups is 1. The lowest BCUT2D eigenvalue weighted by atomic mass is 10.0. The molecule has 0 spiro atoms. The van der Waals surface area contributed by atoms with E-state index in [1.165, 1.54) is 0 Å². The minimum Gasteiger partial charge on any atom is -0.326 e. The molecule has 0 fully saturated rings. The van der Waals surface area contributed by atoms with Crippen molar-refractivity contribution in [2.45, 2.75) is 13.0 Å². The minimum absolute atomic E-state index is 0.0483. The molecular weight excluding hydrogens is 304 g/mol. The molecule has 0 atom stereocenters. The summed E-state index contributed by atoms with van der Waals surface area (Å²) in [7, 11) is 0. The van der Waals surface area contributed by atoms with Crippen LogP contribution in [0.5, 0.6) is 0 Å². The molecule has 0 saturated carbocycles. The first-order chi connectivity index (χ1) is 9.20. The van der Waals surface area contributed by atoms with Crippen LogP contribution in [0, 0.1) is 0 Å². The first kappa shape index (κ1) is 13.8. The largest absolute Gasteiger partial charge is 0.326 e. The van der Waals surface area contributed by atoms with Crippen LogP contribution in [-0.4, -0.2) is 5.91 Å². The van der Waals surface area contributed by atoms with Crippen LogP contribution >= 0.6 is 15.9 Å². The summed E-state index contributed by atoms with van der Waals surface area (Å²) in [5.74, 6) is -0.0483. The average Bonchev–Trinajstić information content (AvgIpc) is 2.42. The second-order valence-corrected chi connectivity index (χ2v) is 5.03. The summed E-state index contributed by atoms with van der Waals surface area (Å²) < 4.78 is 0.871. The van der Waals surface area contributed by atoms with Crippen molar-refractivity contribution in [2.75, 3.05) is 5.32 Å². The van der Waals surface area contributed by atoms with E-state index in [4.69, 9.17) is 5.73 Å². The first-order valence-electron chi connectivity index (χ1n) is 6.02. The predicted molar refractivity (Wildman–Crippen MR) is 80.8 cm³/mol. The molecule has 0 bridgehead atoms. The standard InChI is InChI=1S/C15H15BrN2O/c16-13-7-3-4-8-14(13)18-15(19)9-11-5-1-2-6-12(11)10-17/h1-8H,9-10,17H2,(H,18,19). The molecule has 0 saturated heterocycles. The van der Waals surface area contributed by atoms with E-state index in [1.807, 2.05) is 48.5 Å². The number of para-hydroxylation sites is 1. The van der Waals surface area contributed by atoms with Crippen LogP contribution in [0.25, 0.3) is 0 Å². The third-order valence-electron chi connectivity index (χ3n) is 2.84. The Balaban J connectivity index is 2.08. The summed E-state index contributed by atoms with van der Waals surface area (Å²) >= 11 is 3.40. The van der Waals surface area contributed by atoms with E-state index in [9.17, 15) is 4.79 Å². The third kappa shape index (κ3) is 3.66. The zero-order chi connectivity index (χ0) is 13.7. The lowest BCUT2D eigenvalue weighted by Gasteiger charge is -2.09. The van der Waals surface area contributed by atoms with E-state index in [0.717, 1.165) is 21.3 Å². The smallest absolute Gasteiger partial charge is 0.228 e. The van der Waals surface area contributed by atoms with Gasteiger partial charge in [-0.3, -0.25) is 4.79 Å². The summed E-state index contributed by atoms with van der Waals surface area (Å²) in [4.78, 5) is 12.0. The first-order valence-corrected chi connectivity index (χ1v) is 6.81. The Kier molecular flexibility index (Phi) is 4.71. The molecule has 0 aliphatic carbocycles. The van der Waals surface area contributed by atoms with Crippen molar-refractivity contribution in [1.29, 1.82) is 0 Å². The molecule has 0 heterocycles. The van der Waals surface area contributed by atoms with Crippen molar-refractivity contribution < 1.29 is 4.79 Å². The molecular formula is C15H15BrN2O. The zero-order valence-electron chi connectivity index (χ0n) is 10.4. The molecule has 1 amide bonds. The van der Waals surface area contributed by atoms with Gasteiger partial charge in [-0.2, -0.15) is 0 Å². The topological polar surface area (TPSA) is 55.1 Å². The van der Waals surface area contributed by atoms with Crippen molar-refractivity contribution in [3.8, 4) is 0 Å². The summed E-state index contributed by atoms with van der Waals surface area (Å²) in [6.45, 7) is 0.443. The number of carbonyl (C=O) groups excluding carboxylic acids is 1. The van der Waals surface area contributed by atoms with Gasteiger partial charge in [0.05, 0.1) is 12.1 Å². The van der Waals surface area contributed by atoms with Gasteiger partial charge in [0.25, 0.3) is 0 Å². The van der Waals surface area contributed by atoms with Gasteiger partial charge in [-0.25, -0.2) is 0 Å². The van der Waals surface area contributed by atoms with Crippen molar-refractivity contribution in [3.63, 3.8) is 0 Å². The summed E-state index contributed by atoms with van der Waals surface area (Å²) in [6.07, 6.45) is 0.328. The van der Waals surface area contributed by atoms with E-state index < -0.39 is 0 Å². The van der Waals surface area contributed by atoms with E-state index >= 15 is 0 Å². The molecule has 3 N–H and O–H groups in total. The quantitative estimate of drug-likeness (QED) is 0.910. The highest BCUT2D eigenvalue weighted by Gasteiger charge is 2.08. The maximum absolute atomic E-state index is 12.0. The van der Waals surface area contributed by atoms with Gasteiger partial charge in [-0.15, -0.1) is 0 Å². The number of halogens is 1. The maximum atomic E-state index is 12.0. The number of benzene rings is 2. The van der Waals surface area contributed by atoms with Gasteiger partial charge in [0.1, 0.15) is 0 Å². The number of hydrogen-bond acceptors (Lipinski definition) is 2. The fourth-order valence-electron chi connectivity index (χ4n) is 1.86. The summed E-state index contributed by atoms with van der Waals surface area (Å²) in [6, 6.07) is 15.3. The highest BCUT2D eigenvalue weighted by molar-refractivity contribution is 9.10. The molecule has 0 aliphatic heterocycles. The van der Waals surface area contributed by atoms with E-state index in [0.29, 0.717) is 13.0 Å². The Labute approximate surface area is 121 Å². The molecule has 0 aliphatic rings. The van der Waals surface area contributed by atoms with Gasteiger partial charge in [0.15, 0.2) is 0 Å². The molecule has 19 heavy (non-hydrogen) atoms. The maximum Gasteiger partial charge on any atom is 0.228 e. The molecule has 0 unspecified atom stereocenters. The number of rotatable bonds is 4. The van der Waals surface area contributed by atoms with Gasteiger partial charge in [0.2, 0.25) is 5.91 Å². The average molecular weight is 319 g/mol. The van der Waals surface area contributed by atoms with Crippen LogP contribution < -0.4 is 11.1 Å². The molecule has 0 aromatic heterocycles.